The smallest absolute Gasteiger partial charge is 0.178 e. The molecule has 3 N–H and O–H groups in total. The van der Waals surface area contributed by atoms with Gasteiger partial charge in [-0.1, -0.05) is 0 Å². The van der Waals surface area contributed by atoms with Crippen LogP contribution in [-0.4, -0.2) is 28.8 Å². The number of hydrogen-bond acceptors (Lipinski definition) is 3. The van der Waals surface area contributed by atoms with E-state index in [0.717, 1.165) is 0 Å². The Kier molecular flexibility index (Phi) is 5.32. The summed E-state index contributed by atoms with van der Waals surface area (Å²) in [4.78, 5) is 3.83. The van der Waals surface area contributed by atoms with E-state index < -0.39 is 0 Å². The Hall–Kier alpha value is -0.940. The van der Waals surface area contributed by atoms with E-state index in [-0.39, 0.29) is 0 Å². The number of nitrogens with two attached hydrogens (primary N) is 1. The second-order valence-corrected chi connectivity index (χ2v) is 1.91. The van der Waals surface area contributed by atoms with Crippen LogP contribution >= 0.6 is 12.2 Å². The summed E-state index contributed by atoms with van der Waals surface area (Å²) in [5.41, 5.74) is 4.50. The zero-order valence-corrected chi connectivity index (χ0v) is 7.43. The summed E-state index contributed by atoms with van der Waals surface area (Å²) in [6.45, 7) is 0. The first-order chi connectivity index (χ1) is 5.34. The van der Waals surface area contributed by atoms with Gasteiger partial charge in [0.1, 0.15) is 6.33 Å². The minimum Gasteiger partial charge on any atom is -0.365 e. The molecule has 1 rings (SSSR count). The van der Waals surface area contributed by atoms with Gasteiger partial charge in [-0.15, -0.1) is 0 Å². The highest BCUT2D eigenvalue weighted by Gasteiger charge is 1.90. The Bertz CT molecular complexity index is 194. The van der Waals surface area contributed by atoms with Crippen LogP contribution in [-0.2, 0) is 0 Å². The Morgan fingerprint density at radius 3 is 2.64 bits per heavy atom. The molecule has 0 atom stereocenters. The molecule has 0 aliphatic heterocycles. The molecule has 0 aromatic carbocycles. The third kappa shape index (κ3) is 3.10. The molecule has 5 heteroatoms. The Balaban J connectivity index is 0.000000461. The second-order valence-electron chi connectivity index (χ2n) is 1.53. The number of rotatable bonds is 0. The standard InChI is InChI=1S/C5H7N3S.CH5N/c1-6-5(9)8-3-2-7-4-8;1-2/h2-4H,1H3,(H,6,9);2H2,1H3. The fraction of sp³-hybridized carbons (Fsp3) is 0.333. The molecule has 0 unspecified atom stereocenters. The van der Waals surface area contributed by atoms with Crippen LogP contribution in [0.4, 0.5) is 0 Å². The summed E-state index contributed by atoms with van der Waals surface area (Å²) >= 11 is 4.89. The molecule has 0 spiro atoms. The van der Waals surface area contributed by atoms with Crippen molar-refractivity contribution in [2.75, 3.05) is 14.1 Å². The molecular formula is C6H12N4S. The van der Waals surface area contributed by atoms with Crippen molar-refractivity contribution in [3.63, 3.8) is 0 Å². The molecule has 0 aliphatic rings. The molecule has 0 radical (unpaired) electrons. The van der Waals surface area contributed by atoms with Crippen molar-refractivity contribution in [3.05, 3.63) is 18.7 Å². The van der Waals surface area contributed by atoms with E-state index in [1.54, 1.807) is 30.3 Å². The van der Waals surface area contributed by atoms with Gasteiger partial charge in [0, 0.05) is 19.4 Å². The molecule has 62 valence electrons. The highest BCUT2D eigenvalue weighted by molar-refractivity contribution is 7.80. The maximum atomic E-state index is 4.89. The van der Waals surface area contributed by atoms with Gasteiger partial charge in [-0.25, -0.2) is 4.98 Å². The normalized spacial score (nSPS) is 7.91. The molecule has 0 bridgehead atoms. The molecule has 11 heavy (non-hydrogen) atoms. The van der Waals surface area contributed by atoms with Crippen LogP contribution in [0.15, 0.2) is 18.7 Å². The fourth-order valence-corrected chi connectivity index (χ4v) is 0.616. The first kappa shape index (κ1) is 10.1. The third-order valence-corrected chi connectivity index (χ3v) is 1.37. The average molecular weight is 172 g/mol. The second kappa shape index (κ2) is 5.82. The summed E-state index contributed by atoms with van der Waals surface area (Å²) in [6.07, 6.45) is 5.13. The van der Waals surface area contributed by atoms with E-state index >= 15 is 0 Å². The summed E-state index contributed by atoms with van der Waals surface area (Å²) in [6, 6.07) is 0. The molecule has 0 amide bonds. The van der Waals surface area contributed by atoms with Gasteiger partial charge >= 0.3 is 0 Å². The molecule has 0 aliphatic carbocycles. The van der Waals surface area contributed by atoms with Crippen molar-refractivity contribution in [1.82, 2.24) is 14.9 Å². The van der Waals surface area contributed by atoms with Crippen molar-refractivity contribution in [2.45, 2.75) is 0 Å². The van der Waals surface area contributed by atoms with Crippen molar-refractivity contribution in [1.29, 1.82) is 0 Å². The van der Waals surface area contributed by atoms with Crippen LogP contribution in [0, 0.1) is 0 Å². The predicted octanol–water partition coefficient (Wildman–Crippen LogP) is -0.190. The first-order valence-corrected chi connectivity index (χ1v) is 3.53. The van der Waals surface area contributed by atoms with E-state index in [2.05, 4.69) is 16.0 Å². The van der Waals surface area contributed by atoms with Crippen LogP contribution < -0.4 is 11.1 Å². The van der Waals surface area contributed by atoms with Crippen LogP contribution in [0.3, 0.4) is 0 Å². The minimum atomic E-state index is 0.660. The molecule has 1 heterocycles. The molecule has 0 saturated heterocycles. The van der Waals surface area contributed by atoms with E-state index in [1.165, 1.54) is 7.05 Å². The van der Waals surface area contributed by atoms with Gasteiger partial charge < -0.3 is 11.1 Å². The number of aromatic nitrogens is 2. The number of nitrogens with zero attached hydrogens (tertiary/aromatic N) is 2. The topological polar surface area (TPSA) is 55.9 Å². The molecule has 1 aromatic heterocycles. The summed E-state index contributed by atoms with van der Waals surface area (Å²) in [7, 11) is 3.28. The third-order valence-electron chi connectivity index (χ3n) is 0.953. The Labute approximate surface area is 71.4 Å². The highest BCUT2D eigenvalue weighted by atomic mass is 32.1. The van der Waals surface area contributed by atoms with Crippen molar-refractivity contribution >= 4 is 17.3 Å². The van der Waals surface area contributed by atoms with Gasteiger partial charge in [-0.3, -0.25) is 4.57 Å². The van der Waals surface area contributed by atoms with Gasteiger partial charge in [-0.05, 0) is 19.3 Å². The lowest BCUT2D eigenvalue weighted by Crippen LogP contribution is -2.22. The number of nitrogens with one attached hydrogen (secondary N) is 1. The monoisotopic (exact) mass is 172 g/mol. The number of hydrogen-bond donors (Lipinski definition) is 2. The summed E-state index contributed by atoms with van der Waals surface area (Å²) < 4.78 is 1.73. The molecule has 0 fully saturated rings. The Morgan fingerprint density at radius 2 is 2.27 bits per heavy atom. The van der Waals surface area contributed by atoms with Crippen LogP contribution in [0.5, 0.6) is 0 Å². The van der Waals surface area contributed by atoms with Crippen molar-refractivity contribution in [3.8, 4) is 0 Å². The van der Waals surface area contributed by atoms with Crippen LogP contribution in [0.2, 0.25) is 0 Å². The first-order valence-electron chi connectivity index (χ1n) is 3.12. The fourth-order valence-electron chi connectivity index (χ4n) is 0.508. The largest absolute Gasteiger partial charge is 0.365 e. The van der Waals surface area contributed by atoms with Gasteiger partial charge in [0.2, 0.25) is 0 Å². The van der Waals surface area contributed by atoms with E-state index in [4.69, 9.17) is 12.2 Å². The lowest BCUT2D eigenvalue weighted by Gasteiger charge is -1.99. The lowest BCUT2D eigenvalue weighted by atomic mass is 10.8. The molecule has 0 saturated carbocycles. The van der Waals surface area contributed by atoms with Gasteiger partial charge in [0.25, 0.3) is 0 Å². The van der Waals surface area contributed by atoms with E-state index in [9.17, 15) is 0 Å². The molecule has 1 aromatic rings. The zero-order chi connectivity index (χ0) is 8.69. The quantitative estimate of drug-likeness (QED) is 0.533. The minimum absolute atomic E-state index is 0.660. The zero-order valence-electron chi connectivity index (χ0n) is 6.61. The predicted molar refractivity (Wildman–Crippen MR) is 49.4 cm³/mol. The van der Waals surface area contributed by atoms with Gasteiger partial charge in [-0.2, -0.15) is 0 Å². The molecule has 4 nitrogen and oxygen atoms in total. The van der Waals surface area contributed by atoms with Gasteiger partial charge in [0.15, 0.2) is 5.11 Å². The number of thiocarbonyl (C=S) groups is 1. The molecular weight excluding hydrogens is 160 g/mol. The van der Waals surface area contributed by atoms with Crippen molar-refractivity contribution in [2.24, 2.45) is 5.73 Å². The van der Waals surface area contributed by atoms with Crippen LogP contribution in [0.25, 0.3) is 0 Å². The van der Waals surface area contributed by atoms with E-state index in [1.807, 2.05) is 0 Å². The maximum absolute atomic E-state index is 4.89. The highest BCUT2D eigenvalue weighted by Crippen LogP contribution is 1.82. The van der Waals surface area contributed by atoms with Crippen LogP contribution in [0.1, 0.15) is 0 Å². The number of imidazole rings is 1. The summed E-state index contributed by atoms with van der Waals surface area (Å²) in [5.74, 6) is 0. The van der Waals surface area contributed by atoms with Crippen molar-refractivity contribution < 1.29 is 0 Å². The Morgan fingerprint density at radius 1 is 1.64 bits per heavy atom. The average Bonchev–Trinajstić information content (AvgIpc) is 2.59. The maximum Gasteiger partial charge on any atom is 0.178 e. The SMILES string of the molecule is CN.CNC(=S)n1ccnc1. The summed E-state index contributed by atoms with van der Waals surface area (Å²) in [5, 5.41) is 3.48. The van der Waals surface area contributed by atoms with Gasteiger partial charge in [0.05, 0.1) is 0 Å². The van der Waals surface area contributed by atoms with E-state index in [0.29, 0.717) is 5.11 Å². The lowest BCUT2D eigenvalue weighted by molar-refractivity contribution is 1.04.